The fraction of sp³-hybridized carbons (Fsp3) is 0.100. The van der Waals surface area contributed by atoms with Gasteiger partial charge in [0.2, 0.25) is 0 Å². The molecular weight excluding hydrogens is 180 g/mol. The summed E-state index contributed by atoms with van der Waals surface area (Å²) in [6.45, 7) is 1.93. The molecule has 0 atom stereocenters. The van der Waals surface area contributed by atoms with Crippen LogP contribution in [-0.2, 0) is 0 Å². The highest BCUT2D eigenvalue weighted by Crippen LogP contribution is 2.21. The Hall–Kier alpha value is -1.97. The molecule has 70 valence electrons. The molecule has 0 aliphatic heterocycles. The van der Waals surface area contributed by atoms with Crippen LogP contribution in [0.25, 0.3) is 10.8 Å². The molecule has 0 spiro atoms. The summed E-state index contributed by atoms with van der Waals surface area (Å²) in [4.78, 5) is 14.1. The van der Waals surface area contributed by atoms with Crippen molar-refractivity contribution in [3.63, 3.8) is 0 Å². The summed E-state index contributed by atoms with van der Waals surface area (Å²) in [7, 11) is 0. The fourth-order valence-electron chi connectivity index (χ4n) is 1.43. The average molecular weight is 188 g/mol. The number of fused-ring (bicyclic) bond motifs is 1. The largest absolute Gasteiger partial charge is 0.270 e. The fourth-order valence-corrected chi connectivity index (χ4v) is 1.43. The zero-order valence-electron chi connectivity index (χ0n) is 7.60. The first kappa shape index (κ1) is 8.62. The van der Waals surface area contributed by atoms with E-state index in [-0.39, 0.29) is 5.69 Å². The van der Waals surface area contributed by atoms with Crippen LogP contribution in [0.15, 0.2) is 30.6 Å². The van der Waals surface area contributed by atoms with Gasteiger partial charge in [0, 0.05) is 29.9 Å². The van der Waals surface area contributed by atoms with Crippen LogP contribution in [0.3, 0.4) is 0 Å². The number of aromatic nitrogens is 1. The maximum Gasteiger partial charge on any atom is 0.270 e. The van der Waals surface area contributed by atoms with Gasteiger partial charge in [-0.3, -0.25) is 15.1 Å². The van der Waals surface area contributed by atoms with Crippen LogP contribution in [0.5, 0.6) is 0 Å². The minimum absolute atomic E-state index is 0.102. The number of nitro groups is 1. The van der Waals surface area contributed by atoms with Crippen LogP contribution in [-0.4, -0.2) is 9.91 Å². The van der Waals surface area contributed by atoms with E-state index < -0.39 is 4.92 Å². The number of aryl methyl sites for hydroxylation is 1. The van der Waals surface area contributed by atoms with Crippen molar-refractivity contribution >= 4 is 16.5 Å². The Labute approximate surface area is 80.4 Å². The van der Waals surface area contributed by atoms with Crippen molar-refractivity contribution in [1.29, 1.82) is 0 Å². The molecule has 0 N–H and O–H groups in total. The van der Waals surface area contributed by atoms with Gasteiger partial charge in [-0.1, -0.05) is 0 Å². The normalized spacial score (nSPS) is 10.4. The number of benzene rings is 1. The van der Waals surface area contributed by atoms with E-state index in [4.69, 9.17) is 0 Å². The molecule has 14 heavy (non-hydrogen) atoms. The van der Waals surface area contributed by atoms with Crippen LogP contribution in [0, 0.1) is 17.0 Å². The number of pyridine rings is 1. The lowest BCUT2D eigenvalue weighted by molar-refractivity contribution is -0.384. The molecule has 0 radical (unpaired) electrons. The zero-order valence-corrected chi connectivity index (χ0v) is 7.60. The molecule has 0 unspecified atom stereocenters. The van der Waals surface area contributed by atoms with Gasteiger partial charge < -0.3 is 0 Å². The van der Waals surface area contributed by atoms with Gasteiger partial charge in [-0.2, -0.15) is 0 Å². The first-order valence-corrected chi connectivity index (χ1v) is 4.17. The lowest BCUT2D eigenvalue weighted by atomic mass is 10.1. The minimum Gasteiger partial charge on any atom is -0.264 e. The van der Waals surface area contributed by atoms with Gasteiger partial charge in [0.05, 0.1) is 4.92 Å². The number of hydrogen-bond donors (Lipinski definition) is 0. The lowest BCUT2D eigenvalue weighted by Gasteiger charge is -1.99. The van der Waals surface area contributed by atoms with E-state index in [9.17, 15) is 10.1 Å². The molecule has 1 heterocycles. The number of nitrogens with zero attached hydrogens (tertiary/aromatic N) is 2. The molecule has 0 saturated heterocycles. The predicted octanol–water partition coefficient (Wildman–Crippen LogP) is 2.45. The van der Waals surface area contributed by atoms with E-state index in [0.717, 1.165) is 16.3 Å². The van der Waals surface area contributed by atoms with Crippen molar-refractivity contribution in [3.05, 3.63) is 46.3 Å². The Morgan fingerprint density at radius 1 is 1.36 bits per heavy atom. The molecule has 0 saturated carbocycles. The smallest absolute Gasteiger partial charge is 0.264 e. The summed E-state index contributed by atoms with van der Waals surface area (Å²) in [5, 5.41) is 12.3. The number of rotatable bonds is 1. The van der Waals surface area contributed by atoms with Gasteiger partial charge in [0.15, 0.2) is 0 Å². The maximum atomic E-state index is 10.5. The van der Waals surface area contributed by atoms with Crippen molar-refractivity contribution in [2.75, 3.05) is 0 Å². The van der Waals surface area contributed by atoms with E-state index in [2.05, 4.69) is 4.98 Å². The van der Waals surface area contributed by atoms with Crippen LogP contribution in [0.4, 0.5) is 5.69 Å². The topological polar surface area (TPSA) is 56.0 Å². The summed E-state index contributed by atoms with van der Waals surface area (Å²) in [6, 6.07) is 4.80. The van der Waals surface area contributed by atoms with Gasteiger partial charge in [0.1, 0.15) is 0 Å². The molecule has 4 nitrogen and oxygen atoms in total. The Morgan fingerprint density at radius 2 is 2.14 bits per heavy atom. The monoisotopic (exact) mass is 188 g/mol. The molecule has 2 aromatic rings. The molecule has 2 rings (SSSR count). The highest BCUT2D eigenvalue weighted by atomic mass is 16.6. The minimum atomic E-state index is -0.401. The molecule has 0 aliphatic carbocycles. The van der Waals surface area contributed by atoms with Crippen molar-refractivity contribution < 1.29 is 4.92 Å². The molecular formula is C10H8N2O2. The van der Waals surface area contributed by atoms with Crippen LogP contribution >= 0.6 is 0 Å². The number of non-ortho nitro benzene ring substituents is 1. The maximum absolute atomic E-state index is 10.5. The van der Waals surface area contributed by atoms with Gasteiger partial charge in [0.25, 0.3) is 5.69 Å². The van der Waals surface area contributed by atoms with Crippen LogP contribution in [0.2, 0.25) is 0 Å². The highest BCUT2D eigenvalue weighted by molar-refractivity contribution is 5.86. The SMILES string of the molecule is Cc1cncc2cc([N+](=O)[O-])ccc12. The summed E-state index contributed by atoms with van der Waals surface area (Å²) in [5.41, 5.74) is 1.13. The van der Waals surface area contributed by atoms with E-state index in [1.165, 1.54) is 12.1 Å². The van der Waals surface area contributed by atoms with Crippen molar-refractivity contribution in [2.24, 2.45) is 0 Å². The van der Waals surface area contributed by atoms with Gasteiger partial charge in [-0.05, 0) is 23.9 Å². The van der Waals surface area contributed by atoms with Crippen LogP contribution in [0.1, 0.15) is 5.56 Å². The Balaban J connectivity index is 2.73. The molecule has 0 fully saturated rings. The third-order valence-electron chi connectivity index (χ3n) is 2.15. The zero-order chi connectivity index (χ0) is 10.1. The summed E-state index contributed by atoms with van der Waals surface area (Å²) >= 11 is 0. The summed E-state index contributed by atoms with van der Waals surface area (Å²) < 4.78 is 0. The van der Waals surface area contributed by atoms with E-state index >= 15 is 0 Å². The second kappa shape index (κ2) is 3.06. The Kier molecular flexibility index (Phi) is 1.89. The standard InChI is InChI=1S/C10H8N2O2/c1-7-5-11-6-8-4-9(12(13)14)2-3-10(7)8/h2-6H,1H3. The summed E-state index contributed by atoms with van der Waals surface area (Å²) in [5.74, 6) is 0. The van der Waals surface area contributed by atoms with Gasteiger partial charge in [-0.25, -0.2) is 0 Å². The van der Waals surface area contributed by atoms with Crippen molar-refractivity contribution in [3.8, 4) is 0 Å². The first-order valence-electron chi connectivity index (χ1n) is 4.17. The average Bonchev–Trinajstić information content (AvgIpc) is 2.17. The summed E-state index contributed by atoms with van der Waals surface area (Å²) in [6.07, 6.45) is 3.38. The lowest BCUT2D eigenvalue weighted by Crippen LogP contribution is -1.88. The van der Waals surface area contributed by atoms with Gasteiger partial charge >= 0.3 is 0 Å². The molecule has 4 heteroatoms. The predicted molar refractivity (Wildman–Crippen MR) is 53.1 cm³/mol. The molecule has 1 aromatic carbocycles. The van der Waals surface area contributed by atoms with E-state index in [1.54, 1.807) is 18.5 Å². The van der Waals surface area contributed by atoms with E-state index in [0.29, 0.717) is 0 Å². The van der Waals surface area contributed by atoms with Crippen LogP contribution < -0.4 is 0 Å². The Bertz CT molecular complexity index is 508. The Morgan fingerprint density at radius 3 is 2.86 bits per heavy atom. The third kappa shape index (κ3) is 1.31. The third-order valence-corrected chi connectivity index (χ3v) is 2.15. The number of nitro benzene ring substituents is 1. The molecule has 0 bridgehead atoms. The quantitative estimate of drug-likeness (QED) is 0.510. The van der Waals surface area contributed by atoms with Gasteiger partial charge in [-0.15, -0.1) is 0 Å². The first-order chi connectivity index (χ1) is 6.68. The van der Waals surface area contributed by atoms with Crippen molar-refractivity contribution in [2.45, 2.75) is 6.92 Å². The number of hydrogen-bond acceptors (Lipinski definition) is 3. The van der Waals surface area contributed by atoms with Crippen molar-refractivity contribution in [1.82, 2.24) is 4.98 Å². The molecule has 1 aromatic heterocycles. The molecule has 0 aliphatic rings. The van der Waals surface area contributed by atoms with E-state index in [1.807, 2.05) is 6.92 Å². The molecule has 0 amide bonds. The second-order valence-electron chi connectivity index (χ2n) is 3.12. The second-order valence-corrected chi connectivity index (χ2v) is 3.12. The highest BCUT2D eigenvalue weighted by Gasteiger charge is 2.06.